The van der Waals surface area contributed by atoms with Crippen LogP contribution in [0.5, 0.6) is 0 Å². The molecule has 1 aromatic heterocycles. The van der Waals surface area contributed by atoms with Gasteiger partial charge < -0.3 is 20.3 Å². The number of alkyl halides is 3. The van der Waals surface area contributed by atoms with Crippen LogP contribution in [0.25, 0.3) is 11.0 Å². The number of H-pyrrole nitrogens is 1. The van der Waals surface area contributed by atoms with E-state index in [0.717, 1.165) is 12.1 Å². The maximum atomic E-state index is 13.7. The Morgan fingerprint density at radius 1 is 1.18 bits per heavy atom. The van der Waals surface area contributed by atoms with Crippen LogP contribution in [0.15, 0.2) is 48.6 Å². The van der Waals surface area contributed by atoms with Crippen LogP contribution >= 0.6 is 11.6 Å². The maximum absolute atomic E-state index is 13.7. The average molecular weight is 479 g/mol. The summed E-state index contributed by atoms with van der Waals surface area (Å²) in [4.78, 5) is 33.7. The van der Waals surface area contributed by atoms with Crippen LogP contribution in [0.4, 0.5) is 13.2 Å². The molecule has 33 heavy (non-hydrogen) atoms. The highest BCUT2D eigenvalue weighted by Gasteiger charge is 2.37. The number of imidazole rings is 1. The molecule has 0 unspecified atom stereocenters. The molecule has 0 spiro atoms. The van der Waals surface area contributed by atoms with Crippen molar-refractivity contribution < 1.29 is 27.9 Å². The molecule has 4 rings (SSSR count). The fourth-order valence-electron chi connectivity index (χ4n) is 3.53. The summed E-state index contributed by atoms with van der Waals surface area (Å²) in [6, 6.07) is 6.67. The van der Waals surface area contributed by atoms with Gasteiger partial charge in [-0.15, -0.1) is 0 Å². The summed E-state index contributed by atoms with van der Waals surface area (Å²) >= 11 is 5.94. The number of carbonyl (C=O) groups excluding carboxylic acids is 2. The highest BCUT2D eigenvalue weighted by Crippen LogP contribution is 2.34. The number of halogens is 4. The molecule has 0 saturated heterocycles. The van der Waals surface area contributed by atoms with Crippen LogP contribution in [-0.2, 0) is 6.18 Å². The third kappa shape index (κ3) is 4.71. The molecule has 0 fully saturated rings. The first-order valence-corrected chi connectivity index (χ1v) is 10.3. The minimum absolute atomic E-state index is 0.215. The third-order valence-electron chi connectivity index (χ3n) is 5.20. The first-order chi connectivity index (χ1) is 15.7. The SMILES string of the molecule is O=C(N[C@@H](CO)c1nc2ccc(Cl)cc2[nH]1)c1ccc(C(=O)N2CC=CC2)c(C(F)(F)F)c1. The van der Waals surface area contributed by atoms with Gasteiger partial charge in [0, 0.05) is 23.7 Å². The Bertz CT molecular complexity index is 1250. The molecule has 0 saturated carbocycles. The van der Waals surface area contributed by atoms with Crippen LogP contribution in [0.2, 0.25) is 5.02 Å². The monoisotopic (exact) mass is 478 g/mol. The van der Waals surface area contributed by atoms with Crippen LogP contribution in [-0.4, -0.2) is 51.5 Å². The van der Waals surface area contributed by atoms with Crippen molar-refractivity contribution in [1.82, 2.24) is 20.2 Å². The predicted molar refractivity (Wildman–Crippen MR) is 115 cm³/mol. The molecule has 1 atom stereocenters. The van der Waals surface area contributed by atoms with Gasteiger partial charge in [-0.25, -0.2) is 4.98 Å². The molecular weight excluding hydrogens is 461 g/mol. The van der Waals surface area contributed by atoms with Gasteiger partial charge in [-0.1, -0.05) is 23.8 Å². The Kier molecular flexibility index (Phi) is 6.13. The minimum atomic E-state index is -4.84. The number of rotatable bonds is 5. The zero-order valence-electron chi connectivity index (χ0n) is 17.0. The van der Waals surface area contributed by atoms with Crippen LogP contribution in [0.1, 0.15) is 38.1 Å². The fraction of sp³-hybridized carbons (Fsp3) is 0.227. The number of hydrogen-bond donors (Lipinski definition) is 3. The number of nitrogens with one attached hydrogen (secondary N) is 2. The summed E-state index contributed by atoms with van der Waals surface area (Å²) in [6.07, 6.45) is -1.47. The molecule has 0 aliphatic carbocycles. The lowest BCUT2D eigenvalue weighted by atomic mass is 10.0. The van der Waals surface area contributed by atoms with E-state index in [1.54, 1.807) is 30.4 Å². The number of nitrogens with zero attached hydrogens (tertiary/aromatic N) is 2. The molecule has 0 radical (unpaired) electrons. The zero-order chi connectivity index (χ0) is 23.8. The molecular formula is C22H18ClF3N4O3. The fourth-order valence-corrected chi connectivity index (χ4v) is 3.70. The van der Waals surface area contributed by atoms with Gasteiger partial charge >= 0.3 is 6.18 Å². The van der Waals surface area contributed by atoms with E-state index in [1.165, 1.54) is 4.90 Å². The van der Waals surface area contributed by atoms with Crippen molar-refractivity contribution in [2.75, 3.05) is 19.7 Å². The molecule has 2 heterocycles. The van der Waals surface area contributed by atoms with Gasteiger partial charge in [-0.05, 0) is 36.4 Å². The number of aromatic nitrogens is 2. The van der Waals surface area contributed by atoms with Gasteiger partial charge in [0.05, 0.1) is 28.8 Å². The lowest BCUT2D eigenvalue weighted by Gasteiger charge is -2.20. The van der Waals surface area contributed by atoms with Gasteiger partial charge in [0.2, 0.25) is 0 Å². The first-order valence-electron chi connectivity index (χ1n) is 9.90. The van der Waals surface area contributed by atoms with Gasteiger partial charge in [-0.2, -0.15) is 13.2 Å². The van der Waals surface area contributed by atoms with E-state index in [0.29, 0.717) is 22.1 Å². The van der Waals surface area contributed by atoms with Crippen molar-refractivity contribution in [2.45, 2.75) is 12.2 Å². The number of carbonyl (C=O) groups is 2. The number of fused-ring (bicyclic) bond motifs is 1. The van der Waals surface area contributed by atoms with Crippen LogP contribution in [0.3, 0.4) is 0 Å². The largest absolute Gasteiger partial charge is 0.417 e. The van der Waals surface area contributed by atoms with E-state index in [4.69, 9.17) is 11.6 Å². The molecule has 3 N–H and O–H groups in total. The third-order valence-corrected chi connectivity index (χ3v) is 5.44. The highest BCUT2D eigenvalue weighted by atomic mass is 35.5. The Morgan fingerprint density at radius 2 is 1.91 bits per heavy atom. The van der Waals surface area contributed by atoms with E-state index in [9.17, 15) is 27.9 Å². The van der Waals surface area contributed by atoms with Crippen molar-refractivity contribution >= 4 is 34.4 Å². The quantitative estimate of drug-likeness (QED) is 0.487. The van der Waals surface area contributed by atoms with Crippen LogP contribution < -0.4 is 5.32 Å². The normalized spacial score (nSPS) is 14.6. The number of benzene rings is 2. The molecule has 3 aromatic rings. The highest BCUT2D eigenvalue weighted by molar-refractivity contribution is 6.31. The van der Waals surface area contributed by atoms with Crippen LogP contribution in [0, 0.1) is 0 Å². The van der Waals surface area contributed by atoms with Gasteiger partial charge in [0.25, 0.3) is 11.8 Å². The summed E-state index contributed by atoms with van der Waals surface area (Å²) in [5.41, 5.74) is -0.929. The number of amides is 2. The lowest BCUT2D eigenvalue weighted by molar-refractivity contribution is -0.138. The number of hydrogen-bond acceptors (Lipinski definition) is 4. The molecule has 2 aromatic carbocycles. The standard InChI is InChI=1S/C22H18ClF3N4O3/c23-13-4-6-16-17(10-13)28-19(27-16)18(11-31)29-20(32)12-3-5-14(15(9-12)22(24,25)26)21(33)30-7-1-2-8-30/h1-6,9-10,18,31H,7-8,11H2,(H,27,28)(H,29,32)/t18-/m0/s1. The topological polar surface area (TPSA) is 98.3 Å². The molecule has 0 bridgehead atoms. The molecule has 2 amide bonds. The maximum Gasteiger partial charge on any atom is 0.417 e. The minimum Gasteiger partial charge on any atom is -0.394 e. The molecule has 11 heteroatoms. The van der Waals surface area contributed by atoms with E-state index in [2.05, 4.69) is 15.3 Å². The van der Waals surface area contributed by atoms with E-state index in [-0.39, 0.29) is 24.5 Å². The van der Waals surface area contributed by atoms with Crippen molar-refractivity contribution in [3.8, 4) is 0 Å². The van der Waals surface area contributed by atoms with Crippen molar-refractivity contribution in [1.29, 1.82) is 0 Å². The molecule has 1 aliphatic rings. The van der Waals surface area contributed by atoms with E-state index in [1.807, 2.05) is 0 Å². The number of aliphatic hydroxyl groups excluding tert-OH is 1. The Balaban J connectivity index is 1.60. The zero-order valence-corrected chi connectivity index (χ0v) is 17.7. The summed E-state index contributed by atoms with van der Waals surface area (Å²) in [6.45, 7) is -0.109. The van der Waals surface area contributed by atoms with Gasteiger partial charge in [0.1, 0.15) is 11.9 Å². The average Bonchev–Trinajstić information content (AvgIpc) is 3.45. The second-order valence-corrected chi connectivity index (χ2v) is 7.87. The summed E-state index contributed by atoms with van der Waals surface area (Å²) in [5.74, 6) is -1.42. The summed E-state index contributed by atoms with van der Waals surface area (Å²) < 4.78 is 41.1. The van der Waals surface area contributed by atoms with Gasteiger partial charge in [0.15, 0.2) is 0 Å². The molecule has 172 valence electrons. The van der Waals surface area contributed by atoms with E-state index < -0.39 is 41.8 Å². The first kappa shape index (κ1) is 22.8. The second-order valence-electron chi connectivity index (χ2n) is 7.43. The van der Waals surface area contributed by atoms with E-state index >= 15 is 0 Å². The molecule has 1 aliphatic heterocycles. The predicted octanol–water partition coefficient (Wildman–Crippen LogP) is 3.71. The summed E-state index contributed by atoms with van der Waals surface area (Å²) in [7, 11) is 0. The Hall–Kier alpha value is -3.37. The molecule has 7 nitrogen and oxygen atoms in total. The van der Waals surface area contributed by atoms with Gasteiger partial charge in [-0.3, -0.25) is 9.59 Å². The number of aromatic amines is 1. The second kappa shape index (κ2) is 8.87. The van der Waals surface area contributed by atoms with Crippen molar-refractivity contribution in [3.63, 3.8) is 0 Å². The Morgan fingerprint density at radius 3 is 2.58 bits per heavy atom. The van der Waals surface area contributed by atoms with Crippen molar-refractivity contribution in [3.05, 3.63) is 76.1 Å². The lowest BCUT2D eigenvalue weighted by Crippen LogP contribution is -2.33. The summed E-state index contributed by atoms with van der Waals surface area (Å²) in [5, 5.41) is 12.7. The Labute approximate surface area is 190 Å². The van der Waals surface area contributed by atoms with Crippen molar-refractivity contribution in [2.24, 2.45) is 0 Å². The smallest absolute Gasteiger partial charge is 0.394 e. The number of aliphatic hydroxyl groups is 1.